The van der Waals surface area contributed by atoms with Gasteiger partial charge in [-0.05, 0) is 42.7 Å². The molecular formula is C19H22N2O6S. The maximum Gasteiger partial charge on any atom is 0.289 e. The van der Waals surface area contributed by atoms with Gasteiger partial charge in [-0.2, -0.15) is 4.31 Å². The van der Waals surface area contributed by atoms with Crippen molar-refractivity contribution in [1.29, 1.82) is 0 Å². The van der Waals surface area contributed by atoms with E-state index in [1.165, 1.54) is 21.3 Å². The number of ether oxygens (including phenoxy) is 2. The maximum absolute atomic E-state index is 12.7. The predicted octanol–water partition coefficient (Wildman–Crippen LogP) is 2.46. The molecule has 150 valence electrons. The van der Waals surface area contributed by atoms with Crippen LogP contribution in [0.1, 0.15) is 35.4 Å². The molecule has 4 rings (SSSR count). The smallest absolute Gasteiger partial charge is 0.289 e. The molecule has 3 heterocycles. The maximum atomic E-state index is 12.7. The van der Waals surface area contributed by atoms with Gasteiger partial charge in [-0.3, -0.25) is 4.79 Å². The summed E-state index contributed by atoms with van der Waals surface area (Å²) >= 11 is 0. The number of fused-ring (bicyclic) bond motifs is 1. The minimum Gasteiger partial charge on any atom is -0.454 e. The number of sulfonamides is 1. The fourth-order valence-electron chi connectivity index (χ4n) is 3.38. The summed E-state index contributed by atoms with van der Waals surface area (Å²) in [5, 5.41) is -0.186. The number of hydrogen-bond donors (Lipinski definition) is 0. The largest absolute Gasteiger partial charge is 0.454 e. The van der Waals surface area contributed by atoms with E-state index in [0.29, 0.717) is 31.1 Å². The number of carbonyl (C=O) groups is 1. The molecule has 2 aliphatic rings. The zero-order chi connectivity index (χ0) is 19.7. The Balaban J connectivity index is 1.46. The van der Waals surface area contributed by atoms with Gasteiger partial charge in [0, 0.05) is 26.7 Å². The molecule has 1 fully saturated rings. The molecule has 0 spiro atoms. The summed E-state index contributed by atoms with van der Waals surface area (Å²) < 4.78 is 42.8. The minimum atomic E-state index is -3.70. The van der Waals surface area contributed by atoms with Crippen LogP contribution < -0.4 is 9.47 Å². The molecular weight excluding hydrogens is 384 g/mol. The van der Waals surface area contributed by atoms with Crippen molar-refractivity contribution >= 4 is 15.9 Å². The van der Waals surface area contributed by atoms with E-state index < -0.39 is 15.9 Å². The molecule has 2 aromatic rings. The number of amides is 1. The first-order valence-corrected chi connectivity index (χ1v) is 10.6. The van der Waals surface area contributed by atoms with Gasteiger partial charge >= 0.3 is 0 Å². The van der Waals surface area contributed by atoms with Crippen molar-refractivity contribution < 1.29 is 27.1 Å². The van der Waals surface area contributed by atoms with Crippen LogP contribution in [0.2, 0.25) is 0 Å². The van der Waals surface area contributed by atoms with Crippen molar-refractivity contribution in [3.63, 3.8) is 0 Å². The van der Waals surface area contributed by atoms with E-state index in [0.717, 1.165) is 24.8 Å². The Hall–Kier alpha value is -2.52. The molecule has 0 atom stereocenters. The lowest BCUT2D eigenvalue weighted by molar-refractivity contribution is 0.0747. The highest BCUT2D eigenvalue weighted by Gasteiger charge is 2.30. The monoisotopic (exact) mass is 406 g/mol. The molecule has 0 N–H and O–H groups in total. The van der Waals surface area contributed by atoms with Crippen LogP contribution in [0.3, 0.4) is 0 Å². The van der Waals surface area contributed by atoms with Gasteiger partial charge in [-0.25, -0.2) is 8.42 Å². The van der Waals surface area contributed by atoms with Crippen molar-refractivity contribution in [2.24, 2.45) is 0 Å². The Morgan fingerprint density at radius 2 is 1.82 bits per heavy atom. The van der Waals surface area contributed by atoms with E-state index >= 15 is 0 Å². The molecule has 1 aromatic heterocycles. The summed E-state index contributed by atoms with van der Waals surface area (Å²) in [7, 11) is -2.07. The molecule has 8 nitrogen and oxygen atoms in total. The average Bonchev–Trinajstić information content (AvgIpc) is 3.37. The molecule has 2 aliphatic heterocycles. The molecule has 0 unspecified atom stereocenters. The van der Waals surface area contributed by atoms with Gasteiger partial charge in [0.1, 0.15) is 0 Å². The quantitative estimate of drug-likeness (QED) is 0.758. The molecule has 28 heavy (non-hydrogen) atoms. The highest BCUT2D eigenvalue weighted by atomic mass is 32.2. The van der Waals surface area contributed by atoms with Crippen molar-refractivity contribution in [3.8, 4) is 11.5 Å². The second kappa shape index (κ2) is 7.48. The Morgan fingerprint density at radius 3 is 2.61 bits per heavy atom. The van der Waals surface area contributed by atoms with Gasteiger partial charge in [0.2, 0.25) is 11.9 Å². The van der Waals surface area contributed by atoms with E-state index in [9.17, 15) is 13.2 Å². The van der Waals surface area contributed by atoms with Gasteiger partial charge in [0.15, 0.2) is 17.3 Å². The van der Waals surface area contributed by atoms with Crippen LogP contribution in [0.4, 0.5) is 0 Å². The van der Waals surface area contributed by atoms with E-state index in [-0.39, 0.29) is 17.6 Å². The zero-order valence-corrected chi connectivity index (χ0v) is 16.4. The fourth-order valence-corrected chi connectivity index (χ4v) is 4.81. The van der Waals surface area contributed by atoms with Crippen LogP contribution in [-0.4, -0.2) is 50.5 Å². The number of furan rings is 1. The molecule has 0 radical (unpaired) electrons. The number of nitrogens with zero attached hydrogens (tertiary/aromatic N) is 2. The Bertz CT molecular complexity index is 978. The second-order valence-corrected chi connectivity index (χ2v) is 8.80. The molecule has 0 bridgehead atoms. The molecule has 1 aromatic carbocycles. The Labute approximate surface area is 163 Å². The number of hydrogen-bond acceptors (Lipinski definition) is 6. The molecule has 1 saturated heterocycles. The number of carbonyl (C=O) groups excluding carboxylic acids is 1. The van der Waals surface area contributed by atoms with Crippen molar-refractivity contribution in [2.45, 2.75) is 30.9 Å². The predicted molar refractivity (Wildman–Crippen MR) is 99.7 cm³/mol. The molecule has 9 heteroatoms. The van der Waals surface area contributed by atoms with Gasteiger partial charge in [0.05, 0.1) is 0 Å². The number of rotatable bonds is 5. The van der Waals surface area contributed by atoms with Crippen LogP contribution in [0, 0.1) is 0 Å². The van der Waals surface area contributed by atoms with Gasteiger partial charge in [-0.15, -0.1) is 0 Å². The van der Waals surface area contributed by atoms with Crippen LogP contribution >= 0.6 is 0 Å². The summed E-state index contributed by atoms with van der Waals surface area (Å²) in [4.78, 5) is 14.1. The third kappa shape index (κ3) is 3.59. The topological polar surface area (TPSA) is 89.3 Å². The van der Waals surface area contributed by atoms with Crippen molar-refractivity contribution in [1.82, 2.24) is 9.21 Å². The van der Waals surface area contributed by atoms with E-state index in [4.69, 9.17) is 13.9 Å². The highest BCUT2D eigenvalue weighted by molar-refractivity contribution is 7.89. The number of piperidine rings is 1. The van der Waals surface area contributed by atoms with Crippen LogP contribution in [-0.2, 0) is 16.6 Å². The minimum absolute atomic E-state index is 0.00109. The standard InChI is InChI=1S/C19H22N2O6S/c1-20(12-14-5-6-15-17(11-14)26-13-25-15)19(22)16-7-8-18(27-16)28(23,24)21-9-3-2-4-10-21/h5-8,11H,2-4,9-10,12-13H2,1H3. The summed E-state index contributed by atoms with van der Waals surface area (Å²) in [6.45, 7) is 1.48. The van der Waals surface area contributed by atoms with Gasteiger partial charge in [-0.1, -0.05) is 12.5 Å². The SMILES string of the molecule is CN(Cc1ccc2c(c1)OCO2)C(=O)c1ccc(S(=O)(=O)N2CCCCC2)o1. The average molecular weight is 406 g/mol. The van der Waals surface area contributed by atoms with E-state index in [1.807, 2.05) is 12.1 Å². The first kappa shape index (κ1) is 18.8. The Kier molecular flexibility index (Phi) is 5.03. The van der Waals surface area contributed by atoms with E-state index in [2.05, 4.69) is 0 Å². The second-order valence-electron chi connectivity index (χ2n) is 6.93. The summed E-state index contributed by atoms with van der Waals surface area (Å²) in [5.74, 6) is 0.930. The lowest BCUT2D eigenvalue weighted by atomic mass is 10.2. The van der Waals surface area contributed by atoms with Gasteiger partial charge in [0.25, 0.3) is 15.9 Å². The lowest BCUT2D eigenvalue weighted by Crippen LogP contribution is -2.35. The lowest BCUT2D eigenvalue weighted by Gasteiger charge is -2.24. The van der Waals surface area contributed by atoms with Crippen molar-refractivity contribution in [3.05, 3.63) is 41.7 Å². The highest BCUT2D eigenvalue weighted by Crippen LogP contribution is 2.33. The Morgan fingerprint density at radius 1 is 1.07 bits per heavy atom. The third-order valence-electron chi connectivity index (χ3n) is 4.90. The third-order valence-corrected chi connectivity index (χ3v) is 6.68. The van der Waals surface area contributed by atoms with Crippen molar-refractivity contribution in [2.75, 3.05) is 26.9 Å². The molecule has 0 saturated carbocycles. The van der Waals surface area contributed by atoms with Crippen LogP contribution in [0.25, 0.3) is 0 Å². The van der Waals surface area contributed by atoms with Crippen LogP contribution in [0.5, 0.6) is 11.5 Å². The van der Waals surface area contributed by atoms with Gasteiger partial charge < -0.3 is 18.8 Å². The normalized spacial score (nSPS) is 16.9. The summed E-state index contributed by atoms with van der Waals surface area (Å²) in [6.07, 6.45) is 2.70. The molecule has 1 amide bonds. The zero-order valence-electron chi connectivity index (χ0n) is 15.6. The summed E-state index contributed by atoms with van der Waals surface area (Å²) in [5.41, 5.74) is 0.868. The first-order chi connectivity index (χ1) is 13.4. The fraction of sp³-hybridized carbons (Fsp3) is 0.421. The van der Waals surface area contributed by atoms with Crippen LogP contribution in [0.15, 0.2) is 39.8 Å². The van der Waals surface area contributed by atoms with E-state index in [1.54, 1.807) is 13.1 Å². The first-order valence-electron chi connectivity index (χ1n) is 9.19. The number of benzene rings is 1. The summed E-state index contributed by atoms with van der Waals surface area (Å²) in [6, 6.07) is 8.24. The molecule has 0 aliphatic carbocycles.